The van der Waals surface area contributed by atoms with E-state index < -0.39 is 23.6 Å². The highest BCUT2D eigenvalue weighted by Gasteiger charge is 2.32. The lowest BCUT2D eigenvalue weighted by Gasteiger charge is -2.20. The molecule has 1 rings (SSSR count). The molecule has 0 aliphatic heterocycles. The number of alkyl halides is 3. The van der Waals surface area contributed by atoms with Crippen molar-refractivity contribution < 1.29 is 22.7 Å². The van der Waals surface area contributed by atoms with Gasteiger partial charge in [0, 0.05) is 17.2 Å². The van der Waals surface area contributed by atoms with E-state index in [0.29, 0.717) is 4.47 Å². The number of hydrogen-bond acceptors (Lipinski definition) is 3. The van der Waals surface area contributed by atoms with Crippen molar-refractivity contribution in [1.29, 1.82) is 0 Å². The molecular weight excluding hydrogens is 341 g/mol. The summed E-state index contributed by atoms with van der Waals surface area (Å²) in [7, 11) is 0. The van der Waals surface area contributed by atoms with Gasteiger partial charge in [-0.05, 0) is 48.3 Å². The second-order valence-electron chi connectivity index (χ2n) is 5.01. The minimum atomic E-state index is -4.53. The summed E-state index contributed by atoms with van der Waals surface area (Å²) in [6.07, 6.45) is -4.18. The highest BCUT2D eigenvalue weighted by Crippen LogP contribution is 2.29. The van der Waals surface area contributed by atoms with Gasteiger partial charge in [-0.2, -0.15) is 13.2 Å². The first-order chi connectivity index (χ1) is 8.99. The molecular formula is C12H14BrF3N2O2. The Morgan fingerprint density at radius 2 is 2.00 bits per heavy atom. The lowest BCUT2D eigenvalue weighted by Crippen LogP contribution is -2.32. The zero-order valence-electron chi connectivity index (χ0n) is 11.1. The van der Waals surface area contributed by atoms with Crippen LogP contribution >= 0.6 is 15.9 Å². The van der Waals surface area contributed by atoms with Crippen LogP contribution in [-0.2, 0) is 17.5 Å². The summed E-state index contributed by atoms with van der Waals surface area (Å²) >= 11 is 3.09. The van der Waals surface area contributed by atoms with E-state index in [9.17, 15) is 18.0 Å². The van der Waals surface area contributed by atoms with Crippen LogP contribution in [0.3, 0.4) is 0 Å². The quantitative estimate of drug-likeness (QED) is 0.876. The number of amides is 1. The fourth-order valence-corrected chi connectivity index (χ4v) is 1.61. The summed E-state index contributed by atoms with van der Waals surface area (Å²) in [5.41, 5.74) is -1.42. The third-order valence-corrected chi connectivity index (χ3v) is 2.76. The number of nitrogens with one attached hydrogen (secondary N) is 1. The van der Waals surface area contributed by atoms with Crippen LogP contribution in [-0.4, -0.2) is 16.7 Å². The molecule has 1 amide bonds. The molecule has 0 saturated heterocycles. The van der Waals surface area contributed by atoms with Gasteiger partial charge in [0.05, 0.1) is 0 Å². The van der Waals surface area contributed by atoms with Crippen molar-refractivity contribution in [2.24, 2.45) is 0 Å². The average molecular weight is 355 g/mol. The Morgan fingerprint density at radius 3 is 2.50 bits per heavy atom. The van der Waals surface area contributed by atoms with Crippen molar-refractivity contribution >= 4 is 22.0 Å². The second kappa shape index (κ2) is 5.99. The average Bonchev–Trinajstić information content (AvgIpc) is 2.24. The zero-order chi connectivity index (χ0) is 15.6. The number of ether oxygens (including phenoxy) is 1. The molecule has 8 heteroatoms. The molecule has 0 aliphatic rings. The molecule has 1 aromatic rings. The smallest absolute Gasteiger partial charge is 0.433 e. The molecule has 0 saturated carbocycles. The first-order valence-electron chi connectivity index (χ1n) is 5.67. The van der Waals surface area contributed by atoms with Crippen molar-refractivity contribution in [1.82, 2.24) is 10.3 Å². The summed E-state index contributed by atoms with van der Waals surface area (Å²) in [6, 6.07) is 0.876. The number of rotatable bonds is 2. The van der Waals surface area contributed by atoms with Gasteiger partial charge in [-0.25, -0.2) is 4.79 Å². The first-order valence-corrected chi connectivity index (χ1v) is 6.47. The highest BCUT2D eigenvalue weighted by molar-refractivity contribution is 9.10. The summed E-state index contributed by atoms with van der Waals surface area (Å²) < 4.78 is 43.0. The van der Waals surface area contributed by atoms with Gasteiger partial charge in [0.1, 0.15) is 11.3 Å². The van der Waals surface area contributed by atoms with E-state index >= 15 is 0 Å². The number of nitrogens with zero attached hydrogens (tertiary/aromatic N) is 1. The van der Waals surface area contributed by atoms with E-state index in [1.807, 2.05) is 0 Å². The lowest BCUT2D eigenvalue weighted by molar-refractivity contribution is -0.141. The molecule has 112 valence electrons. The van der Waals surface area contributed by atoms with Gasteiger partial charge in [0.2, 0.25) is 0 Å². The highest BCUT2D eigenvalue weighted by atomic mass is 79.9. The molecule has 1 N–H and O–H groups in total. The van der Waals surface area contributed by atoms with E-state index in [1.54, 1.807) is 20.8 Å². The number of pyridine rings is 1. The van der Waals surface area contributed by atoms with Gasteiger partial charge < -0.3 is 10.1 Å². The molecule has 0 bridgehead atoms. The first kappa shape index (κ1) is 16.7. The topological polar surface area (TPSA) is 51.2 Å². The number of halogens is 4. The van der Waals surface area contributed by atoms with Crippen molar-refractivity contribution in [3.63, 3.8) is 0 Å². The van der Waals surface area contributed by atoms with Crippen LogP contribution in [0.15, 0.2) is 16.7 Å². The third kappa shape index (κ3) is 5.36. The van der Waals surface area contributed by atoms with E-state index in [1.165, 1.54) is 0 Å². The van der Waals surface area contributed by atoms with E-state index in [4.69, 9.17) is 4.74 Å². The Labute approximate surface area is 122 Å². The Bertz CT molecular complexity index is 498. The zero-order valence-corrected chi connectivity index (χ0v) is 12.7. The molecule has 1 aromatic heterocycles. The van der Waals surface area contributed by atoms with Crippen LogP contribution < -0.4 is 5.32 Å². The number of carbonyl (C=O) groups excluding carboxylic acids is 1. The van der Waals surface area contributed by atoms with Gasteiger partial charge in [-0.1, -0.05) is 0 Å². The molecule has 0 fully saturated rings. The number of carbonyl (C=O) groups is 1. The Balaban J connectivity index is 2.75. The van der Waals surface area contributed by atoms with Gasteiger partial charge in [-0.3, -0.25) is 4.98 Å². The molecule has 0 aromatic carbocycles. The van der Waals surface area contributed by atoms with Crippen LogP contribution in [0.1, 0.15) is 32.0 Å². The number of hydrogen-bond donors (Lipinski definition) is 1. The fraction of sp³-hybridized carbons (Fsp3) is 0.500. The molecule has 1 heterocycles. The van der Waals surface area contributed by atoms with Gasteiger partial charge in [0.25, 0.3) is 0 Å². The van der Waals surface area contributed by atoms with Gasteiger partial charge >= 0.3 is 12.3 Å². The largest absolute Gasteiger partial charge is 0.444 e. The Morgan fingerprint density at radius 1 is 1.40 bits per heavy atom. The summed E-state index contributed by atoms with van der Waals surface area (Å²) in [5, 5.41) is 2.39. The van der Waals surface area contributed by atoms with Crippen molar-refractivity contribution in [3.05, 3.63) is 28.0 Å². The Hall–Kier alpha value is -1.31. The maximum atomic E-state index is 12.5. The molecule has 0 unspecified atom stereocenters. The monoisotopic (exact) mass is 354 g/mol. The van der Waals surface area contributed by atoms with E-state index in [0.717, 1.165) is 12.3 Å². The SMILES string of the molecule is CC(C)(C)OC(=O)NCc1cc(C(F)(F)F)ncc1Br. The fourth-order valence-electron chi connectivity index (χ4n) is 1.25. The second-order valence-corrected chi connectivity index (χ2v) is 5.87. The molecule has 0 aliphatic carbocycles. The van der Waals surface area contributed by atoms with Crippen molar-refractivity contribution in [2.45, 2.75) is 39.1 Å². The number of alkyl carbamates (subject to hydrolysis) is 1. The Kier molecular flexibility index (Phi) is 5.01. The van der Waals surface area contributed by atoms with E-state index in [-0.39, 0.29) is 12.1 Å². The molecule has 0 spiro atoms. The van der Waals surface area contributed by atoms with Crippen molar-refractivity contribution in [3.8, 4) is 0 Å². The number of aromatic nitrogens is 1. The standard InChI is InChI=1S/C12H14BrF3N2O2/c1-11(2,3)20-10(19)18-5-7-4-9(12(14,15)16)17-6-8(7)13/h4,6H,5H2,1-3H3,(H,18,19). The van der Waals surface area contributed by atoms with Crippen LogP contribution in [0, 0.1) is 0 Å². The minimum Gasteiger partial charge on any atom is -0.444 e. The third-order valence-electron chi connectivity index (χ3n) is 2.05. The predicted molar refractivity (Wildman–Crippen MR) is 70.0 cm³/mol. The van der Waals surface area contributed by atoms with Crippen LogP contribution in [0.2, 0.25) is 0 Å². The molecule has 20 heavy (non-hydrogen) atoms. The normalized spacial score (nSPS) is 12.2. The lowest BCUT2D eigenvalue weighted by atomic mass is 10.2. The summed E-state index contributed by atoms with van der Waals surface area (Å²) in [4.78, 5) is 14.7. The van der Waals surface area contributed by atoms with Gasteiger partial charge in [0.15, 0.2) is 0 Å². The maximum Gasteiger partial charge on any atom is 0.433 e. The van der Waals surface area contributed by atoms with Crippen LogP contribution in [0.4, 0.5) is 18.0 Å². The van der Waals surface area contributed by atoms with Crippen LogP contribution in [0.5, 0.6) is 0 Å². The minimum absolute atomic E-state index is 0.0961. The van der Waals surface area contributed by atoms with E-state index in [2.05, 4.69) is 26.2 Å². The summed E-state index contributed by atoms with van der Waals surface area (Å²) in [5.74, 6) is 0. The molecule has 0 radical (unpaired) electrons. The molecule has 0 atom stereocenters. The molecule has 4 nitrogen and oxygen atoms in total. The maximum absolute atomic E-state index is 12.5. The summed E-state index contributed by atoms with van der Waals surface area (Å²) in [6.45, 7) is 4.98. The van der Waals surface area contributed by atoms with Crippen LogP contribution in [0.25, 0.3) is 0 Å². The van der Waals surface area contributed by atoms with Crippen molar-refractivity contribution in [2.75, 3.05) is 0 Å². The predicted octanol–water partition coefficient (Wildman–Crippen LogP) is 3.89. The van der Waals surface area contributed by atoms with Gasteiger partial charge in [-0.15, -0.1) is 0 Å².